The first-order valence-corrected chi connectivity index (χ1v) is 7.33. The predicted molar refractivity (Wildman–Crippen MR) is 90.3 cm³/mol. The molecule has 0 fully saturated rings. The van der Waals surface area contributed by atoms with Gasteiger partial charge in [-0.05, 0) is 44.7 Å². The standard InChI is InChI=1S/C19H24O5/c1-11(7-9-16(20)22-4)6-8-14-12(2)17-15(10-24-19(17)21)13(3)18(14)23-5/h6H,7-10H2,1-5H3/b11-6+/i2D3,4D3,5D3. The average Bonchev–Trinajstić information content (AvgIpc) is 2.99. The Kier molecular flexibility index (Phi) is 2.90. The van der Waals surface area contributed by atoms with Gasteiger partial charge in [0.25, 0.3) is 0 Å². The van der Waals surface area contributed by atoms with Gasteiger partial charge in [0.05, 0.1) is 27.9 Å². The van der Waals surface area contributed by atoms with Crippen LogP contribution in [0.2, 0.25) is 0 Å². The van der Waals surface area contributed by atoms with Crippen molar-refractivity contribution >= 4 is 11.9 Å². The number of cyclic esters (lactones) is 1. The zero-order valence-electron chi connectivity index (χ0n) is 22.4. The fraction of sp³-hybridized carbons (Fsp3) is 0.474. The van der Waals surface area contributed by atoms with Crippen molar-refractivity contribution in [3.63, 3.8) is 0 Å². The molecule has 1 aromatic carbocycles. The average molecular weight is 341 g/mol. The number of hydrogen-bond acceptors (Lipinski definition) is 5. The molecule has 0 saturated heterocycles. The highest BCUT2D eigenvalue weighted by Crippen LogP contribution is 2.37. The van der Waals surface area contributed by atoms with Crippen LogP contribution in [-0.2, 0) is 27.3 Å². The smallest absolute Gasteiger partial charge is 0.339 e. The van der Waals surface area contributed by atoms with E-state index in [1.54, 1.807) is 13.0 Å². The molecule has 1 heterocycles. The van der Waals surface area contributed by atoms with E-state index in [1.165, 1.54) is 6.92 Å². The molecule has 1 aliphatic heterocycles. The molecule has 0 bridgehead atoms. The zero-order chi connectivity index (χ0) is 25.4. The Morgan fingerprint density at radius 3 is 2.88 bits per heavy atom. The first-order valence-electron chi connectivity index (χ1n) is 11.8. The minimum atomic E-state index is -2.87. The zero-order valence-corrected chi connectivity index (χ0v) is 13.4. The molecule has 0 radical (unpaired) electrons. The number of esters is 2. The van der Waals surface area contributed by atoms with Gasteiger partial charge in [0.2, 0.25) is 0 Å². The van der Waals surface area contributed by atoms with Crippen LogP contribution in [0.4, 0.5) is 0 Å². The summed E-state index contributed by atoms with van der Waals surface area (Å²) in [6.45, 7) is 0.197. The van der Waals surface area contributed by atoms with Gasteiger partial charge < -0.3 is 14.2 Å². The summed E-state index contributed by atoms with van der Waals surface area (Å²) in [6, 6.07) is 0. The van der Waals surface area contributed by atoms with E-state index in [0.29, 0.717) is 11.1 Å². The van der Waals surface area contributed by atoms with Crippen molar-refractivity contribution in [3.8, 4) is 5.75 Å². The van der Waals surface area contributed by atoms with Gasteiger partial charge in [-0.1, -0.05) is 11.6 Å². The van der Waals surface area contributed by atoms with Gasteiger partial charge in [0.15, 0.2) is 0 Å². The first kappa shape index (κ1) is 9.25. The highest BCUT2D eigenvalue weighted by molar-refractivity contribution is 5.96. The summed E-state index contributed by atoms with van der Waals surface area (Å²) in [4.78, 5) is 24.0. The number of fused-ring (bicyclic) bond motifs is 1. The summed E-state index contributed by atoms with van der Waals surface area (Å²) in [5.74, 6) is -1.90. The van der Waals surface area contributed by atoms with Crippen LogP contribution in [0.1, 0.15) is 64.7 Å². The third kappa shape index (κ3) is 3.45. The largest absolute Gasteiger partial charge is 0.496 e. The van der Waals surface area contributed by atoms with Gasteiger partial charge in [-0.2, -0.15) is 0 Å². The van der Waals surface area contributed by atoms with Crippen molar-refractivity contribution in [1.29, 1.82) is 0 Å². The molecule has 0 saturated carbocycles. The molecular formula is C19H24O5. The molecule has 0 spiro atoms. The normalized spacial score (nSPS) is 20.7. The molecule has 0 N–H and O–H groups in total. The van der Waals surface area contributed by atoms with E-state index in [9.17, 15) is 9.59 Å². The van der Waals surface area contributed by atoms with Gasteiger partial charge in [-0.15, -0.1) is 0 Å². The quantitative estimate of drug-likeness (QED) is 0.586. The number of allylic oxidation sites excluding steroid dienone is 2. The van der Waals surface area contributed by atoms with E-state index in [2.05, 4.69) is 4.74 Å². The van der Waals surface area contributed by atoms with Gasteiger partial charge in [0.1, 0.15) is 12.4 Å². The Hall–Kier alpha value is -2.30. The minimum Gasteiger partial charge on any atom is -0.496 e. The summed E-state index contributed by atoms with van der Waals surface area (Å²) in [5.41, 5.74) is 0.702. The second kappa shape index (κ2) is 7.51. The summed E-state index contributed by atoms with van der Waals surface area (Å²) >= 11 is 0. The van der Waals surface area contributed by atoms with E-state index in [4.69, 9.17) is 21.8 Å². The molecule has 1 aromatic rings. The summed E-state index contributed by atoms with van der Waals surface area (Å²) < 4.78 is 81.7. The van der Waals surface area contributed by atoms with Crippen LogP contribution in [0.5, 0.6) is 5.75 Å². The number of carbonyl (C=O) groups excluding carboxylic acids is 2. The third-order valence-electron chi connectivity index (χ3n) is 4.07. The topological polar surface area (TPSA) is 61.8 Å². The Balaban J connectivity index is 2.49. The van der Waals surface area contributed by atoms with Crippen LogP contribution < -0.4 is 4.74 Å². The molecule has 2 rings (SSSR count). The summed E-state index contributed by atoms with van der Waals surface area (Å²) in [6.07, 6.45) is 1.35. The van der Waals surface area contributed by atoms with Crippen molar-refractivity contribution in [2.45, 2.75) is 46.6 Å². The summed E-state index contributed by atoms with van der Waals surface area (Å²) in [7, 11) is -5.72. The fourth-order valence-electron chi connectivity index (χ4n) is 2.64. The number of rotatable bonds is 6. The molecule has 130 valence electrons. The minimum absolute atomic E-state index is 0.00523. The van der Waals surface area contributed by atoms with Crippen molar-refractivity contribution in [3.05, 3.63) is 39.5 Å². The van der Waals surface area contributed by atoms with E-state index in [0.717, 1.165) is 0 Å². The monoisotopic (exact) mass is 341 g/mol. The Morgan fingerprint density at radius 2 is 2.17 bits per heavy atom. The Morgan fingerprint density at radius 1 is 1.33 bits per heavy atom. The second-order valence-corrected chi connectivity index (χ2v) is 5.57. The van der Waals surface area contributed by atoms with Crippen LogP contribution in [0.25, 0.3) is 0 Å². The number of methoxy groups -OCH3 is 2. The van der Waals surface area contributed by atoms with E-state index < -0.39 is 32.9 Å². The molecule has 0 aliphatic carbocycles. The molecule has 0 aromatic heterocycles. The fourth-order valence-corrected chi connectivity index (χ4v) is 2.64. The lowest BCUT2D eigenvalue weighted by molar-refractivity contribution is -0.140. The third-order valence-corrected chi connectivity index (χ3v) is 4.07. The number of benzene rings is 1. The van der Waals surface area contributed by atoms with E-state index in [1.807, 2.05) is 0 Å². The molecule has 0 atom stereocenters. The molecule has 0 amide bonds. The van der Waals surface area contributed by atoms with Gasteiger partial charge in [-0.25, -0.2) is 4.79 Å². The number of ether oxygens (including phenoxy) is 3. The number of carbonyl (C=O) groups is 2. The molecular weight excluding hydrogens is 308 g/mol. The molecule has 24 heavy (non-hydrogen) atoms. The Labute approximate surface area is 155 Å². The maximum atomic E-state index is 12.3. The lowest BCUT2D eigenvalue weighted by atomic mass is 9.91. The van der Waals surface area contributed by atoms with Crippen LogP contribution >= 0.6 is 0 Å². The van der Waals surface area contributed by atoms with E-state index in [-0.39, 0.29) is 53.9 Å². The lowest BCUT2D eigenvalue weighted by Gasteiger charge is -2.17. The van der Waals surface area contributed by atoms with Crippen molar-refractivity contribution in [1.82, 2.24) is 0 Å². The highest BCUT2D eigenvalue weighted by atomic mass is 16.5. The SMILES string of the molecule is [2H]C([2H])([2H])OC(=O)CC/C(C)=C/Cc1c(OC([2H])([2H])[2H])c(C)c2c(c1C([2H])([2H])[2H])C(=O)OC2. The Bertz CT molecular complexity index is 972. The van der Waals surface area contributed by atoms with Crippen LogP contribution in [0, 0.1) is 13.8 Å². The van der Waals surface area contributed by atoms with Crippen molar-refractivity contribution in [2.75, 3.05) is 14.1 Å². The van der Waals surface area contributed by atoms with Crippen LogP contribution in [0.3, 0.4) is 0 Å². The number of hydrogen-bond donors (Lipinski definition) is 0. The molecule has 0 unspecified atom stereocenters. The van der Waals surface area contributed by atoms with Crippen molar-refractivity contribution in [2.24, 2.45) is 0 Å². The van der Waals surface area contributed by atoms with Gasteiger partial charge in [0, 0.05) is 21.7 Å². The van der Waals surface area contributed by atoms with Gasteiger partial charge >= 0.3 is 11.9 Å². The summed E-state index contributed by atoms with van der Waals surface area (Å²) in [5, 5.41) is 0. The highest BCUT2D eigenvalue weighted by Gasteiger charge is 2.29. The first-order chi connectivity index (χ1) is 14.9. The maximum Gasteiger partial charge on any atom is 0.339 e. The van der Waals surface area contributed by atoms with Crippen molar-refractivity contribution < 1.29 is 36.1 Å². The van der Waals surface area contributed by atoms with Crippen LogP contribution in [0.15, 0.2) is 11.6 Å². The van der Waals surface area contributed by atoms with Crippen LogP contribution in [-0.4, -0.2) is 26.0 Å². The van der Waals surface area contributed by atoms with Gasteiger partial charge in [-0.3, -0.25) is 4.79 Å². The second-order valence-electron chi connectivity index (χ2n) is 5.57. The molecule has 5 heteroatoms. The maximum absolute atomic E-state index is 12.3. The predicted octanol–water partition coefficient (Wildman–Crippen LogP) is 3.42. The van der Waals surface area contributed by atoms with E-state index >= 15 is 0 Å². The molecule has 5 nitrogen and oxygen atoms in total. The lowest BCUT2D eigenvalue weighted by Crippen LogP contribution is -2.06. The molecule has 1 aliphatic rings.